The number of piperidine rings is 1. The van der Waals surface area contributed by atoms with Gasteiger partial charge in [0.15, 0.2) is 0 Å². The topological polar surface area (TPSA) is 40.6 Å². The largest absolute Gasteiger partial charge is 0.281 e. The second-order valence-electron chi connectivity index (χ2n) is 5.18. The number of nitrogens with zero attached hydrogens (tertiary/aromatic N) is 2. The predicted molar refractivity (Wildman–Crippen MR) is 71.0 cm³/mol. The first-order chi connectivity index (χ1) is 7.88. The van der Waals surface area contributed by atoms with Crippen LogP contribution in [-0.2, 0) is 10.2 Å². The zero-order valence-corrected chi connectivity index (χ0v) is 12.5. The van der Waals surface area contributed by atoms with Crippen LogP contribution < -0.4 is 0 Å². The van der Waals surface area contributed by atoms with Crippen LogP contribution in [0.3, 0.4) is 0 Å². The maximum absolute atomic E-state index is 12.1. The average molecular weight is 262 g/mol. The summed E-state index contributed by atoms with van der Waals surface area (Å²) in [5, 5.41) is 0. The maximum Gasteiger partial charge on any atom is 0.281 e. The van der Waals surface area contributed by atoms with Crippen LogP contribution in [0.2, 0.25) is 0 Å². The molecule has 1 saturated heterocycles. The SMILES string of the molecule is CC.CC1CCN(S(=O)(=O)N(C)C)C2(CC2)C1. The Morgan fingerprint density at radius 3 is 2.18 bits per heavy atom. The molecule has 1 unspecified atom stereocenters. The Balaban J connectivity index is 0.000000686. The maximum atomic E-state index is 12.1. The third-order valence-corrected chi connectivity index (χ3v) is 5.70. The minimum Gasteiger partial charge on any atom is -0.195 e. The molecule has 0 bridgehead atoms. The van der Waals surface area contributed by atoms with E-state index >= 15 is 0 Å². The normalized spacial score (nSPS) is 27.8. The molecule has 4 nitrogen and oxygen atoms in total. The van der Waals surface area contributed by atoms with Crippen molar-refractivity contribution in [2.75, 3.05) is 20.6 Å². The van der Waals surface area contributed by atoms with Crippen LogP contribution in [0.4, 0.5) is 0 Å². The molecule has 0 aromatic heterocycles. The molecular weight excluding hydrogens is 236 g/mol. The second-order valence-corrected chi connectivity index (χ2v) is 7.25. The molecule has 0 N–H and O–H groups in total. The molecule has 102 valence electrons. The minimum absolute atomic E-state index is 0.0131. The van der Waals surface area contributed by atoms with Crippen LogP contribution in [0.1, 0.15) is 46.5 Å². The van der Waals surface area contributed by atoms with E-state index in [0.717, 1.165) is 25.7 Å². The highest BCUT2D eigenvalue weighted by atomic mass is 32.2. The lowest BCUT2D eigenvalue weighted by Crippen LogP contribution is -2.51. The van der Waals surface area contributed by atoms with Gasteiger partial charge in [0, 0.05) is 26.2 Å². The van der Waals surface area contributed by atoms with Crippen LogP contribution in [0.25, 0.3) is 0 Å². The van der Waals surface area contributed by atoms with Crippen molar-refractivity contribution in [3.05, 3.63) is 0 Å². The summed E-state index contributed by atoms with van der Waals surface area (Å²) in [5.74, 6) is 0.668. The molecule has 1 atom stereocenters. The summed E-state index contributed by atoms with van der Waals surface area (Å²) in [6.45, 7) is 6.92. The molecule has 2 aliphatic rings. The molecule has 1 spiro atoms. The smallest absolute Gasteiger partial charge is 0.195 e. The van der Waals surface area contributed by atoms with Gasteiger partial charge < -0.3 is 0 Å². The van der Waals surface area contributed by atoms with E-state index in [2.05, 4.69) is 6.92 Å². The molecule has 0 radical (unpaired) electrons. The van der Waals surface area contributed by atoms with Gasteiger partial charge in [-0.15, -0.1) is 0 Å². The number of rotatable bonds is 2. The Kier molecular flexibility index (Phi) is 4.60. The lowest BCUT2D eigenvalue weighted by atomic mass is 9.93. The highest BCUT2D eigenvalue weighted by Crippen LogP contribution is 2.51. The van der Waals surface area contributed by atoms with E-state index in [1.165, 1.54) is 4.31 Å². The summed E-state index contributed by atoms with van der Waals surface area (Å²) in [6.07, 6.45) is 4.13. The van der Waals surface area contributed by atoms with Crippen LogP contribution in [0.15, 0.2) is 0 Å². The van der Waals surface area contributed by atoms with Crippen molar-refractivity contribution in [2.24, 2.45) is 5.92 Å². The highest BCUT2D eigenvalue weighted by molar-refractivity contribution is 7.86. The number of hydrogen-bond acceptors (Lipinski definition) is 2. The summed E-state index contributed by atoms with van der Waals surface area (Å²) in [4.78, 5) is 0. The zero-order valence-electron chi connectivity index (χ0n) is 11.7. The molecule has 0 aromatic rings. The van der Waals surface area contributed by atoms with Crippen molar-refractivity contribution in [1.29, 1.82) is 0 Å². The van der Waals surface area contributed by atoms with Crippen LogP contribution in [-0.4, -0.2) is 43.2 Å². The second kappa shape index (κ2) is 5.24. The van der Waals surface area contributed by atoms with Gasteiger partial charge in [0.2, 0.25) is 0 Å². The van der Waals surface area contributed by atoms with E-state index in [4.69, 9.17) is 0 Å². The Labute approximate surface area is 106 Å². The van der Waals surface area contributed by atoms with Gasteiger partial charge >= 0.3 is 0 Å². The molecule has 0 aromatic carbocycles. The molecule has 1 aliphatic carbocycles. The lowest BCUT2D eigenvalue weighted by Gasteiger charge is -2.39. The molecule has 1 saturated carbocycles. The van der Waals surface area contributed by atoms with Gasteiger partial charge in [-0.2, -0.15) is 17.0 Å². The van der Waals surface area contributed by atoms with Gasteiger partial charge in [-0.3, -0.25) is 0 Å². The molecule has 0 amide bonds. The third-order valence-electron chi connectivity index (χ3n) is 3.65. The van der Waals surface area contributed by atoms with Crippen LogP contribution in [0, 0.1) is 5.92 Å². The highest BCUT2D eigenvalue weighted by Gasteiger charge is 2.55. The molecule has 5 heteroatoms. The van der Waals surface area contributed by atoms with Crippen molar-refractivity contribution in [1.82, 2.24) is 8.61 Å². The van der Waals surface area contributed by atoms with Gasteiger partial charge in [-0.05, 0) is 31.6 Å². The molecule has 1 heterocycles. The Morgan fingerprint density at radius 1 is 1.24 bits per heavy atom. The van der Waals surface area contributed by atoms with Gasteiger partial charge in [0.1, 0.15) is 0 Å². The standard InChI is InChI=1S/C10H20N2O2S.C2H6/c1-9-4-7-12(10(8-9)5-6-10)15(13,14)11(2)3;1-2/h9H,4-8H2,1-3H3;1-2H3. The van der Waals surface area contributed by atoms with Crippen molar-refractivity contribution >= 4 is 10.2 Å². The van der Waals surface area contributed by atoms with Crippen molar-refractivity contribution in [3.63, 3.8) is 0 Å². The third kappa shape index (κ3) is 2.83. The average Bonchev–Trinajstić information content (AvgIpc) is 3.00. The van der Waals surface area contributed by atoms with E-state index in [1.807, 2.05) is 13.8 Å². The van der Waals surface area contributed by atoms with E-state index in [1.54, 1.807) is 18.4 Å². The van der Waals surface area contributed by atoms with Gasteiger partial charge in [-0.1, -0.05) is 20.8 Å². The molecule has 2 fully saturated rings. The van der Waals surface area contributed by atoms with Gasteiger partial charge in [0.05, 0.1) is 0 Å². The van der Waals surface area contributed by atoms with Crippen molar-refractivity contribution < 1.29 is 8.42 Å². The van der Waals surface area contributed by atoms with Crippen molar-refractivity contribution in [3.8, 4) is 0 Å². The predicted octanol–water partition coefficient (Wildman–Crippen LogP) is 2.08. The fourth-order valence-electron chi connectivity index (χ4n) is 2.58. The molecular formula is C12H26N2O2S. The van der Waals surface area contributed by atoms with Crippen LogP contribution in [0.5, 0.6) is 0 Å². The van der Waals surface area contributed by atoms with Gasteiger partial charge in [0.25, 0.3) is 10.2 Å². The van der Waals surface area contributed by atoms with E-state index in [-0.39, 0.29) is 5.54 Å². The lowest BCUT2D eigenvalue weighted by molar-refractivity contribution is 0.180. The Bertz CT molecular complexity index is 348. The number of hydrogen-bond donors (Lipinski definition) is 0. The monoisotopic (exact) mass is 262 g/mol. The van der Waals surface area contributed by atoms with E-state index in [9.17, 15) is 8.42 Å². The van der Waals surface area contributed by atoms with Crippen molar-refractivity contribution in [2.45, 2.75) is 52.0 Å². The fraction of sp³-hybridized carbons (Fsp3) is 1.00. The fourth-order valence-corrected chi connectivity index (χ4v) is 4.06. The van der Waals surface area contributed by atoms with E-state index < -0.39 is 10.2 Å². The Morgan fingerprint density at radius 2 is 1.76 bits per heavy atom. The molecule has 2 rings (SSSR count). The first kappa shape index (κ1) is 14.9. The summed E-state index contributed by atoms with van der Waals surface area (Å²) < 4.78 is 27.3. The minimum atomic E-state index is -3.20. The molecule has 17 heavy (non-hydrogen) atoms. The summed E-state index contributed by atoms with van der Waals surface area (Å²) in [6, 6.07) is 0. The summed E-state index contributed by atoms with van der Waals surface area (Å²) in [7, 11) is 0.0272. The first-order valence-electron chi connectivity index (χ1n) is 6.59. The quantitative estimate of drug-likeness (QED) is 0.764. The zero-order chi connectivity index (χ0) is 13.3. The van der Waals surface area contributed by atoms with Crippen LogP contribution >= 0.6 is 0 Å². The Hall–Kier alpha value is -0.130. The first-order valence-corrected chi connectivity index (χ1v) is 7.98. The molecule has 1 aliphatic heterocycles. The summed E-state index contributed by atoms with van der Waals surface area (Å²) in [5.41, 5.74) is -0.0131. The summed E-state index contributed by atoms with van der Waals surface area (Å²) >= 11 is 0. The van der Waals surface area contributed by atoms with E-state index in [0.29, 0.717) is 12.5 Å². The van der Waals surface area contributed by atoms with Gasteiger partial charge in [-0.25, -0.2) is 0 Å².